The lowest BCUT2D eigenvalue weighted by Crippen LogP contribution is -2.47. The number of aliphatic hydroxyl groups is 1. The van der Waals surface area contributed by atoms with E-state index in [4.69, 9.17) is 0 Å². The molecule has 1 aromatic carbocycles. The first-order valence-corrected chi connectivity index (χ1v) is 5.73. The molecule has 1 unspecified atom stereocenters. The van der Waals surface area contributed by atoms with Crippen LogP contribution in [0.1, 0.15) is 18.4 Å². The lowest BCUT2D eigenvalue weighted by atomic mass is 9.87. The SMILES string of the molecule is CN1CCCC(O)(Cc2cccc(F)c2)C1. The number of likely N-dealkylation sites (tertiary alicyclic amines) is 1. The second kappa shape index (κ2) is 4.52. The van der Waals surface area contributed by atoms with E-state index in [0.717, 1.165) is 24.9 Å². The fourth-order valence-corrected chi connectivity index (χ4v) is 2.51. The molecule has 88 valence electrons. The molecular formula is C13H18FNO. The Hall–Kier alpha value is -0.930. The monoisotopic (exact) mass is 223 g/mol. The van der Waals surface area contributed by atoms with Crippen molar-refractivity contribution in [3.05, 3.63) is 35.6 Å². The van der Waals surface area contributed by atoms with E-state index < -0.39 is 5.60 Å². The summed E-state index contributed by atoms with van der Waals surface area (Å²) in [6.45, 7) is 1.70. The molecular weight excluding hydrogens is 205 g/mol. The van der Waals surface area contributed by atoms with Crippen molar-refractivity contribution in [3.63, 3.8) is 0 Å². The third-order valence-electron chi connectivity index (χ3n) is 3.17. The second-order valence-electron chi connectivity index (χ2n) is 4.87. The van der Waals surface area contributed by atoms with Crippen LogP contribution in [0, 0.1) is 5.82 Å². The Morgan fingerprint density at radius 3 is 3.00 bits per heavy atom. The van der Waals surface area contributed by atoms with E-state index in [0.29, 0.717) is 13.0 Å². The number of piperidine rings is 1. The molecule has 0 bridgehead atoms. The molecule has 1 fully saturated rings. The first kappa shape index (κ1) is 11.6. The van der Waals surface area contributed by atoms with Gasteiger partial charge in [-0.1, -0.05) is 12.1 Å². The predicted octanol–water partition coefficient (Wildman–Crippen LogP) is 1.82. The topological polar surface area (TPSA) is 23.5 Å². The standard InChI is InChI=1S/C13H18FNO/c1-15-7-3-6-13(16,10-15)9-11-4-2-5-12(14)8-11/h2,4-5,8,16H,3,6-7,9-10H2,1H3. The Morgan fingerprint density at radius 1 is 1.50 bits per heavy atom. The smallest absolute Gasteiger partial charge is 0.123 e. The summed E-state index contributed by atoms with van der Waals surface area (Å²) in [5.74, 6) is -0.231. The molecule has 1 atom stereocenters. The molecule has 0 aromatic heterocycles. The van der Waals surface area contributed by atoms with Gasteiger partial charge in [0, 0.05) is 13.0 Å². The maximum atomic E-state index is 13.0. The van der Waals surface area contributed by atoms with Crippen molar-refractivity contribution in [1.82, 2.24) is 4.90 Å². The van der Waals surface area contributed by atoms with Gasteiger partial charge in [0.15, 0.2) is 0 Å². The summed E-state index contributed by atoms with van der Waals surface area (Å²) in [5.41, 5.74) is 0.179. The van der Waals surface area contributed by atoms with E-state index >= 15 is 0 Å². The molecule has 1 aliphatic rings. The molecule has 0 amide bonds. The van der Waals surface area contributed by atoms with E-state index in [2.05, 4.69) is 4.90 Å². The minimum atomic E-state index is -0.694. The summed E-state index contributed by atoms with van der Waals surface area (Å²) in [5, 5.41) is 10.4. The highest BCUT2D eigenvalue weighted by atomic mass is 19.1. The molecule has 1 saturated heterocycles. The van der Waals surface area contributed by atoms with E-state index in [1.54, 1.807) is 6.07 Å². The average molecular weight is 223 g/mol. The largest absolute Gasteiger partial charge is 0.388 e. The molecule has 1 aliphatic heterocycles. The van der Waals surface area contributed by atoms with Crippen molar-refractivity contribution in [2.24, 2.45) is 0 Å². The van der Waals surface area contributed by atoms with E-state index in [1.165, 1.54) is 12.1 Å². The first-order valence-electron chi connectivity index (χ1n) is 5.73. The van der Waals surface area contributed by atoms with Gasteiger partial charge in [-0.2, -0.15) is 0 Å². The number of benzene rings is 1. The van der Waals surface area contributed by atoms with Gasteiger partial charge in [0.05, 0.1) is 5.60 Å². The third-order valence-corrected chi connectivity index (χ3v) is 3.17. The van der Waals surface area contributed by atoms with Crippen molar-refractivity contribution < 1.29 is 9.50 Å². The highest BCUT2D eigenvalue weighted by Crippen LogP contribution is 2.24. The lowest BCUT2D eigenvalue weighted by molar-refractivity contribution is -0.0224. The summed E-state index contributed by atoms with van der Waals surface area (Å²) in [6, 6.07) is 6.50. The summed E-state index contributed by atoms with van der Waals surface area (Å²) in [6.07, 6.45) is 2.34. The zero-order valence-electron chi connectivity index (χ0n) is 9.62. The van der Waals surface area contributed by atoms with Gasteiger partial charge in [-0.05, 0) is 44.1 Å². The minimum Gasteiger partial charge on any atom is -0.388 e. The first-order chi connectivity index (χ1) is 7.57. The molecule has 0 aliphatic carbocycles. The minimum absolute atomic E-state index is 0.231. The molecule has 0 radical (unpaired) electrons. The van der Waals surface area contributed by atoms with Crippen LogP contribution in [0.4, 0.5) is 4.39 Å². The number of β-amino-alcohol motifs (C(OH)–C–C–N with tert-alkyl or cyclic N) is 1. The summed E-state index contributed by atoms with van der Waals surface area (Å²) < 4.78 is 13.0. The highest BCUT2D eigenvalue weighted by Gasteiger charge is 2.31. The molecule has 0 saturated carbocycles. The van der Waals surface area contributed by atoms with Gasteiger partial charge in [-0.3, -0.25) is 0 Å². The van der Waals surface area contributed by atoms with Crippen LogP contribution in [-0.4, -0.2) is 35.7 Å². The average Bonchev–Trinajstić information content (AvgIpc) is 2.16. The number of likely N-dealkylation sites (N-methyl/N-ethyl adjacent to an activating group) is 1. The van der Waals surface area contributed by atoms with Crippen LogP contribution in [0.15, 0.2) is 24.3 Å². The Bertz CT molecular complexity index is 369. The number of hydrogen-bond donors (Lipinski definition) is 1. The molecule has 1 heterocycles. The number of hydrogen-bond acceptors (Lipinski definition) is 2. The van der Waals surface area contributed by atoms with Crippen molar-refractivity contribution in [1.29, 1.82) is 0 Å². The van der Waals surface area contributed by atoms with Gasteiger partial charge in [-0.25, -0.2) is 4.39 Å². The van der Waals surface area contributed by atoms with Crippen LogP contribution in [0.5, 0.6) is 0 Å². The zero-order valence-corrected chi connectivity index (χ0v) is 9.62. The van der Waals surface area contributed by atoms with Gasteiger partial charge < -0.3 is 10.0 Å². The molecule has 3 heteroatoms. The predicted molar refractivity (Wildman–Crippen MR) is 61.8 cm³/mol. The third kappa shape index (κ3) is 2.80. The number of nitrogens with zero attached hydrogens (tertiary/aromatic N) is 1. The molecule has 16 heavy (non-hydrogen) atoms. The summed E-state index contributed by atoms with van der Waals surface area (Å²) >= 11 is 0. The molecule has 0 spiro atoms. The molecule has 2 nitrogen and oxygen atoms in total. The molecule has 1 aromatic rings. The van der Waals surface area contributed by atoms with E-state index in [-0.39, 0.29) is 5.82 Å². The summed E-state index contributed by atoms with van der Waals surface area (Å²) in [4.78, 5) is 2.13. The second-order valence-corrected chi connectivity index (χ2v) is 4.87. The number of rotatable bonds is 2. The summed E-state index contributed by atoms with van der Waals surface area (Å²) in [7, 11) is 2.01. The fourth-order valence-electron chi connectivity index (χ4n) is 2.51. The lowest BCUT2D eigenvalue weighted by Gasteiger charge is -2.37. The Morgan fingerprint density at radius 2 is 2.31 bits per heavy atom. The van der Waals surface area contributed by atoms with Gasteiger partial charge in [-0.15, -0.1) is 0 Å². The fraction of sp³-hybridized carbons (Fsp3) is 0.538. The normalized spacial score (nSPS) is 26.9. The van der Waals surface area contributed by atoms with Crippen molar-refractivity contribution in [2.45, 2.75) is 24.9 Å². The zero-order chi connectivity index (χ0) is 11.6. The van der Waals surface area contributed by atoms with Gasteiger partial charge >= 0.3 is 0 Å². The van der Waals surface area contributed by atoms with Crippen LogP contribution in [-0.2, 0) is 6.42 Å². The van der Waals surface area contributed by atoms with Crippen LogP contribution in [0.25, 0.3) is 0 Å². The van der Waals surface area contributed by atoms with Crippen molar-refractivity contribution in [2.75, 3.05) is 20.1 Å². The van der Waals surface area contributed by atoms with Gasteiger partial charge in [0.25, 0.3) is 0 Å². The van der Waals surface area contributed by atoms with Gasteiger partial charge in [0.2, 0.25) is 0 Å². The highest BCUT2D eigenvalue weighted by molar-refractivity contribution is 5.18. The Kier molecular flexibility index (Phi) is 3.26. The van der Waals surface area contributed by atoms with Crippen LogP contribution >= 0.6 is 0 Å². The van der Waals surface area contributed by atoms with Crippen LogP contribution < -0.4 is 0 Å². The van der Waals surface area contributed by atoms with E-state index in [9.17, 15) is 9.50 Å². The Balaban J connectivity index is 2.08. The van der Waals surface area contributed by atoms with Crippen molar-refractivity contribution in [3.8, 4) is 0 Å². The Labute approximate surface area is 95.7 Å². The maximum Gasteiger partial charge on any atom is 0.123 e. The quantitative estimate of drug-likeness (QED) is 0.826. The van der Waals surface area contributed by atoms with Crippen LogP contribution in [0.2, 0.25) is 0 Å². The van der Waals surface area contributed by atoms with E-state index in [1.807, 2.05) is 13.1 Å². The van der Waals surface area contributed by atoms with Gasteiger partial charge in [0.1, 0.15) is 5.82 Å². The van der Waals surface area contributed by atoms with Crippen molar-refractivity contribution >= 4 is 0 Å². The maximum absolute atomic E-state index is 13.0. The molecule has 1 N–H and O–H groups in total. The van der Waals surface area contributed by atoms with Crippen LogP contribution in [0.3, 0.4) is 0 Å². The number of halogens is 1. The molecule has 2 rings (SSSR count).